The van der Waals surface area contributed by atoms with Crippen molar-refractivity contribution < 1.29 is 23.9 Å². The van der Waals surface area contributed by atoms with Gasteiger partial charge < -0.3 is 4.74 Å². The molecule has 5 nitrogen and oxygen atoms in total. The van der Waals surface area contributed by atoms with Gasteiger partial charge in [-0.05, 0) is 59.1 Å². The average Bonchev–Trinajstić information content (AvgIpc) is 2.48. The van der Waals surface area contributed by atoms with Crippen molar-refractivity contribution in [1.29, 1.82) is 0 Å². The highest BCUT2D eigenvalue weighted by Crippen LogP contribution is 2.39. The van der Waals surface area contributed by atoms with Crippen LogP contribution in [0.1, 0.15) is 29.8 Å². The monoisotopic (exact) mass is 442 g/mol. The normalized spacial score (nSPS) is 15.3. The highest BCUT2D eigenvalue weighted by Gasteiger charge is 2.40. The summed E-state index contributed by atoms with van der Waals surface area (Å²) in [5, 5.41) is 0. The van der Waals surface area contributed by atoms with E-state index in [9.17, 15) is 19.2 Å². The van der Waals surface area contributed by atoms with Crippen molar-refractivity contribution in [1.82, 2.24) is 0 Å². The summed E-state index contributed by atoms with van der Waals surface area (Å²) in [7, 11) is 0. The predicted molar refractivity (Wildman–Crippen MR) is 90.1 cm³/mol. The molecule has 1 aliphatic carbocycles. The van der Waals surface area contributed by atoms with Crippen LogP contribution in [0.5, 0.6) is 0 Å². The largest absolute Gasteiger partial charge is 0.465 e. The van der Waals surface area contributed by atoms with Crippen molar-refractivity contribution in [3.63, 3.8) is 0 Å². The number of ether oxygens (including phenoxy) is 1. The first-order chi connectivity index (χ1) is 10.8. The number of Topliss-reactive ketones (excluding diaryl/α,β-unsaturated/α-hetero) is 3. The lowest BCUT2D eigenvalue weighted by Crippen LogP contribution is -2.31. The van der Waals surface area contributed by atoms with Crippen molar-refractivity contribution >= 4 is 60.8 Å². The number of allylic oxidation sites excluding steroid dienone is 1. The fraction of sp³-hybridized carbons (Fsp3) is 0.250. The third-order valence-corrected chi connectivity index (χ3v) is 4.66. The Morgan fingerprint density at radius 3 is 2.35 bits per heavy atom. The Labute approximate surface area is 149 Å². The Morgan fingerprint density at radius 1 is 1.13 bits per heavy atom. The van der Waals surface area contributed by atoms with E-state index in [1.807, 2.05) is 0 Å². The van der Waals surface area contributed by atoms with Crippen molar-refractivity contribution in [2.75, 3.05) is 6.61 Å². The van der Waals surface area contributed by atoms with E-state index >= 15 is 0 Å². The minimum absolute atomic E-state index is 0.0821. The van der Waals surface area contributed by atoms with Crippen LogP contribution in [0.25, 0.3) is 5.57 Å². The lowest BCUT2D eigenvalue weighted by molar-refractivity contribution is -0.148. The Balaban J connectivity index is 2.74. The Morgan fingerprint density at radius 2 is 1.78 bits per heavy atom. The Bertz CT molecular complexity index is 764. The maximum atomic E-state index is 12.2. The highest BCUT2D eigenvalue weighted by atomic mass is 79.9. The molecule has 120 valence electrons. The topological polar surface area (TPSA) is 77.5 Å². The minimum atomic E-state index is -1.27. The van der Waals surface area contributed by atoms with Crippen molar-refractivity contribution in [2.45, 2.75) is 13.8 Å². The standard InChI is InChI=1S/C16H12Br2O5/c1-3-23-16(22)11(7(2)19)12-10-6-8(17)4-5-9(10)14(20)15(21)13(12)18/h4-6,11H,3H2,1-2H3. The molecule has 1 atom stereocenters. The second-order valence-electron chi connectivity index (χ2n) is 4.87. The first-order valence-corrected chi connectivity index (χ1v) is 8.33. The predicted octanol–water partition coefficient (Wildman–Crippen LogP) is 3.09. The third kappa shape index (κ3) is 3.21. The number of hydrogen-bond acceptors (Lipinski definition) is 5. The molecular weight excluding hydrogens is 432 g/mol. The van der Waals surface area contributed by atoms with E-state index in [2.05, 4.69) is 31.9 Å². The lowest BCUT2D eigenvalue weighted by atomic mass is 9.81. The van der Waals surface area contributed by atoms with Crippen LogP contribution in [0.15, 0.2) is 27.2 Å². The second kappa shape index (κ2) is 6.88. The van der Waals surface area contributed by atoms with E-state index in [0.29, 0.717) is 10.0 Å². The zero-order valence-corrected chi connectivity index (χ0v) is 15.5. The van der Waals surface area contributed by atoms with Gasteiger partial charge >= 0.3 is 5.97 Å². The summed E-state index contributed by atoms with van der Waals surface area (Å²) < 4.78 is 5.52. The van der Waals surface area contributed by atoms with Crippen LogP contribution in [0.4, 0.5) is 0 Å². The van der Waals surface area contributed by atoms with Gasteiger partial charge in [-0.2, -0.15) is 0 Å². The van der Waals surface area contributed by atoms with Crippen LogP contribution >= 0.6 is 31.9 Å². The molecule has 23 heavy (non-hydrogen) atoms. The number of benzene rings is 1. The van der Waals surface area contributed by atoms with Gasteiger partial charge in [-0.15, -0.1) is 0 Å². The van der Waals surface area contributed by atoms with Gasteiger partial charge in [0.15, 0.2) is 0 Å². The summed E-state index contributed by atoms with van der Waals surface area (Å²) in [6.07, 6.45) is 0. The number of esters is 1. The summed E-state index contributed by atoms with van der Waals surface area (Å²) in [4.78, 5) is 48.5. The quantitative estimate of drug-likeness (QED) is 0.406. The molecule has 1 aromatic rings. The van der Waals surface area contributed by atoms with Crippen LogP contribution in [-0.2, 0) is 19.1 Å². The number of carbonyl (C=O) groups excluding carboxylic acids is 4. The Hall–Kier alpha value is -1.60. The van der Waals surface area contributed by atoms with Crippen molar-refractivity contribution in [2.24, 2.45) is 5.92 Å². The smallest absolute Gasteiger partial charge is 0.321 e. The molecule has 0 aliphatic heterocycles. The molecule has 0 saturated heterocycles. The SMILES string of the molecule is CCOC(=O)C(C(C)=O)C1=C(Br)C(=O)C(=O)c2ccc(Br)cc21. The zero-order chi connectivity index (χ0) is 17.3. The van der Waals surface area contributed by atoms with Crippen molar-refractivity contribution in [3.05, 3.63) is 38.3 Å². The fourth-order valence-corrected chi connectivity index (χ4v) is 3.38. The molecule has 1 aromatic carbocycles. The molecule has 0 bridgehead atoms. The summed E-state index contributed by atoms with van der Waals surface area (Å²) in [5.41, 5.74) is 0.688. The Kier molecular flexibility index (Phi) is 5.31. The zero-order valence-electron chi connectivity index (χ0n) is 12.3. The third-order valence-electron chi connectivity index (χ3n) is 3.38. The van der Waals surface area contributed by atoms with Gasteiger partial charge in [0.25, 0.3) is 0 Å². The number of carbonyl (C=O) groups is 4. The van der Waals surface area contributed by atoms with Crippen LogP contribution in [0.2, 0.25) is 0 Å². The summed E-state index contributed by atoms with van der Waals surface area (Å²) in [5.74, 6) is -3.96. The van der Waals surface area contributed by atoms with Gasteiger partial charge in [0.05, 0.1) is 11.1 Å². The molecule has 1 aliphatic rings. The molecule has 7 heteroatoms. The molecule has 0 aromatic heterocycles. The van der Waals surface area contributed by atoms with Gasteiger partial charge in [-0.3, -0.25) is 19.2 Å². The maximum absolute atomic E-state index is 12.2. The molecule has 1 unspecified atom stereocenters. The molecule has 0 spiro atoms. The first-order valence-electron chi connectivity index (χ1n) is 6.75. The van der Waals surface area contributed by atoms with E-state index < -0.39 is 29.2 Å². The molecule has 0 fully saturated rings. The van der Waals surface area contributed by atoms with Gasteiger partial charge in [-0.1, -0.05) is 15.9 Å². The lowest BCUT2D eigenvalue weighted by Gasteiger charge is -2.23. The molecule has 0 heterocycles. The van der Waals surface area contributed by atoms with E-state index in [1.165, 1.54) is 13.0 Å². The van der Waals surface area contributed by atoms with E-state index in [1.54, 1.807) is 19.1 Å². The summed E-state index contributed by atoms with van der Waals surface area (Å²) >= 11 is 6.37. The first kappa shape index (κ1) is 17.7. The molecule has 0 radical (unpaired) electrons. The number of halogens is 2. The van der Waals surface area contributed by atoms with Crippen molar-refractivity contribution in [3.8, 4) is 0 Å². The summed E-state index contributed by atoms with van der Waals surface area (Å²) in [6.45, 7) is 2.97. The number of ketones is 3. The maximum Gasteiger partial charge on any atom is 0.321 e. The van der Waals surface area contributed by atoms with Crippen LogP contribution < -0.4 is 0 Å². The van der Waals surface area contributed by atoms with Gasteiger partial charge in [0.2, 0.25) is 11.6 Å². The molecule has 0 amide bonds. The number of rotatable bonds is 4. The van der Waals surface area contributed by atoms with Gasteiger partial charge in [0.1, 0.15) is 11.7 Å². The van der Waals surface area contributed by atoms with E-state index in [-0.39, 0.29) is 22.2 Å². The van der Waals surface area contributed by atoms with Crippen LogP contribution in [-0.4, -0.2) is 29.9 Å². The number of hydrogen-bond donors (Lipinski definition) is 0. The highest BCUT2D eigenvalue weighted by molar-refractivity contribution is 9.12. The average molecular weight is 444 g/mol. The second-order valence-corrected chi connectivity index (χ2v) is 6.58. The minimum Gasteiger partial charge on any atom is -0.465 e. The van der Waals surface area contributed by atoms with Gasteiger partial charge in [-0.25, -0.2) is 0 Å². The summed E-state index contributed by atoms with van der Waals surface area (Å²) in [6, 6.07) is 4.71. The van der Waals surface area contributed by atoms with Crippen LogP contribution in [0.3, 0.4) is 0 Å². The molecular formula is C16H12Br2O5. The van der Waals surface area contributed by atoms with E-state index in [4.69, 9.17) is 4.74 Å². The molecule has 0 N–H and O–H groups in total. The number of fused-ring (bicyclic) bond motifs is 1. The van der Waals surface area contributed by atoms with Crippen LogP contribution in [0, 0.1) is 5.92 Å². The molecule has 2 rings (SSSR count). The fourth-order valence-electron chi connectivity index (χ4n) is 2.39. The van der Waals surface area contributed by atoms with Gasteiger partial charge in [0, 0.05) is 10.0 Å². The van der Waals surface area contributed by atoms with E-state index in [0.717, 1.165) is 0 Å². The molecule has 0 saturated carbocycles.